The maximum atomic E-state index is 10.1. The number of aliphatic hydroxyl groups excluding tert-OH is 1. The number of aliphatic hydroxyl groups is 1. The van der Waals surface area contributed by atoms with E-state index in [-0.39, 0.29) is 0 Å². The van der Waals surface area contributed by atoms with E-state index in [0.29, 0.717) is 6.42 Å². The van der Waals surface area contributed by atoms with Crippen LogP contribution in [0.5, 0.6) is 0 Å². The van der Waals surface area contributed by atoms with Gasteiger partial charge in [0, 0.05) is 11.8 Å². The third-order valence-electron chi connectivity index (χ3n) is 2.62. The number of benzene rings is 1. The van der Waals surface area contributed by atoms with Crippen LogP contribution in [0.15, 0.2) is 29.6 Å². The molecule has 1 N–H and O–H groups in total. The molecule has 2 rings (SSSR count). The first-order chi connectivity index (χ1) is 7.66. The summed E-state index contributed by atoms with van der Waals surface area (Å²) in [5, 5.41) is 13.2. The van der Waals surface area contributed by atoms with E-state index in [1.54, 1.807) is 11.3 Å². The van der Waals surface area contributed by atoms with E-state index in [1.807, 2.05) is 43.5 Å². The SMILES string of the molecule is Cc1nc(CC(O)c2ccccc2C)cs1. The lowest BCUT2D eigenvalue weighted by Crippen LogP contribution is -2.03. The molecule has 3 heteroatoms. The zero-order chi connectivity index (χ0) is 11.5. The molecule has 0 spiro atoms. The number of rotatable bonds is 3. The van der Waals surface area contributed by atoms with Crippen LogP contribution in [0, 0.1) is 13.8 Å². The fourth-order valence-electron chi connectivity index (χ4n) is 1.77. The minimum Gasteiger partial charge on any atom is -0.388 e. The highest BCUT2D eigenvalue weighted by Crippen LogP contribution is 2.22. The van der Waals surface area contributed by atoms with Crippen molar-refractivity contribution in [2.75, 3.05) is 0 Å². The van der Waals surface area contributed by atoms with Crippen LogP contribution in [0.1, 0.15) is 27.9 Å². The lowest BCUT2D eigenvalue weighted by atomic mass is 10.0. The molecule has 1 unspecified atom stereocenters. The molecule has 0 saturated heterocycles. The Morgan fingerprint density at radius 2 is 2.06 bits per heavy atom. The standard InChI is InChI=1S/C13H15NOS/c1-9-5-3-4-6-12(9)13(15)7-11-8-16-10(2)14-11/h3-6,8,13,15H,7H2,1-2H3. The Hall–Kier alpha value is -1.19. The zero-order valence-corrected chi connectivity index (χ0v) is 10.3. The molecule has 0 aliphatic heterocycles. The normalized spacial score (nSPS) is 12.7. The van der Waals surface area contributed by atoms with Crippen LogP contribution in [0.3, 0.4) is 0 Å². The van der Waals surface area contributed by atoms with E-state index in [0.717, 1.165) is 21.8 Å². The van der Waals surface area contributed by atoms with Crippen molar-refractivity contribution in [3.05, 3.63) is 51.5 Å². The van der Waals surface area contributed by atoms with Gasteiger partial charge in [0.1, 0.15) is 0 Å². The van der Waals surface area contributed by atoms with Crippen molar-refractivity contribution in [3.63, 3.8) is 0 Å². The Morgan fingerprint density at radius 3 is 2.69 bits per heavy atom. The van der Waals surface area contributed by atoms with Crippen molar-refractivity contribution in [1.29, 1.82) is 0 Å². The van der Waals surface area contributed by atoms with Crippen LogP contribution in [-0.2, 0) is 6.42 Å². The lowest BCUT2D eigenvalue weighted by molar-refractivity contribution is 0.176. The maximum Gasteiger partial charge on any atom is 0.0897 e. The molecule has 1 atom stereocenters. The van der Waals surface area contributed by atoms with Gasteiger partial charge in [0.2, 0.25) is 0 Å². The van der Waals surface area contributed by atoms with Gasteiger partial charge in [-0.1, -0.05) is 24.3 Å². The number of aromatic nitrogens is 1. The van der Waals surface area contributed by atoms with Gasteiger partial charge in [-0.3, -0.25) is 0 Å². The molecule has 0 saturated carbocycles. The molecule has 0 aliphatic rings. The molecular weight excluding hydrogens is 218 g/mol. The molecule has 0 amide bonds. The Balaban J connectivity index is 2.14. The minimum atomic E-state index is -0.456. The predicted molar refractivity (Wildman–Crippen MR) is 66.7 cm³/mol. The average Bonchev–Trinajstić information content (AvgIpc) is 2.64. The van der Waals surface area contributed by atoms with Crippen LogP contribution in [-0.4, -0.2) is 10.1 Å². The van der Waals surface area contributed by atoms with Gasteiger partial charge < -0.3 is 5.11 Å². The van der Waals surface area contributed by atoms with E-state index in [9.17, 15) is 5.11 Å². The third-order valence-corrected chi connectivity index (χ3v) is 3.44. The first kappa shape index (κ1) is 11.3. The van der Waals surface area contributed by atoms with Crippen LogP contribution < -0.4 is 0 Å². The summed E-state index contributed by atoms with van der Waals surface area (Å²) in [4.78, 5) is 4.36. The summed E-state index contributed by atoms with van der Waals surface area (Å²) < 4.78 is 0. The van der Waals surface area contributed by atoms with Crippen molar-refractivity contribution >= 4 is 11.3 Å². The topological polar surface area (TPSA) is 33.1 Å². The van der Waals surface area contributed by atoms with E-state index >= 15 is 0 Å². The predicted octanol–water partition coefficient (Wildman–Crippen LogP) is 3.04. The van der Waals surface area contributed by atoms with Crippen molar-refractivity contribution in [2.24, 2.45) is 0 Å². The van der Waals surface area contributed by atoms with Gasteiger partial charge in [0.05, 0.1) is 16.8 Å². The maximum absolute atomic E-state index is 10.1. The smallest absolute Gasteiger partial charge is 0.0897 e. The van der Waals surface area contributed by atoms with Gasteiger partial charge >= 0.3 is 0 Å². The highest BCUT2D eigenvalue weighted by molar-refractivity contribution is 7.09. The van der Waals surface area contributed by atoms with Gasteiger partial charge in [0.25, 0.3) is 0 Å². The summed E-state index contributed by atoms with van der Waals surface area (Å²) >= 11 is 1.62. The van der Waals surface area contributed by atoms with Crippen molar-refractivity contribution in [3.8, 4) is 0 Å². The summed E-state index contributed by atoms with van der Waals surface area (Å²) in [6.07, 6.45) is 0.137. The summed E-state index contributed by atoms with van der Waals surface area (Å²) in [6, 6.07) is 7.93. The summed E-state index contributed by atoms with van der Waals surface area (Å²) in [5.41, 5.74) is 3.09. The van der Waals surface area contributed by atoms with Gasteiger partial charge in [-0.2, -0.15) is 0 Å². The van der Waals surface area contributed by atoms with Crippen molar-refractivity contribution in [2.45, 2.75) is 26.4 Å². The van der Waals surface area contributed by atoms with Crippen LogP contribution in [0.25, 0.3) is 0 Å². The number of hydrogen-bond acceptors (Lipinski definition) is 3. The molecule has 1 aromatic heterocycles. The number of aryl methyl sites for hydroxylation is 2. The summed E-state index contributed by atoms with van der Waals surface area (Å²) in [6.45, 7) is 4.00. The van der Waals surface area contributed by atoms with Crippen molar-refractivity contribution in [1.82, 2.24) is 4.98 Å². The number of nitrogens with zero attached hydrogens (tertiary/aromatic N) is 1. The van der Waals surface area contributed by atoms with Gasteiger partial charge in [-0.05, 0) is 25.0 Å². The fourth-order valence-corrected chi connectivity index (χ4v) is 2.40. The molecule has 0 fully saturated rings. The zero-order valence-electron chi connectivity index (χ0n) is 9.47. The fraction of sp³-hybridized carbons (Fsp3) is 0.308. The first-order valence-corrected chi connectivity index (χ1v) is 6.19. The third kappa shape index (κ3) is 2.49. The molecule has 1 aromatic carbocycles. The minimum absolute atomic E-state index is 0.456. The van der Waals surface area contributed by atoms with E-state index in [1.165, 1.54) is 0 Å². The highest BCUT2D eigenvalue weighted by Gasteiger charge is 2.12. The molecule has 2 nitrogen and oxygen atoms in total. The summed E-state index contributed by atoms with van der Waals surface area (Å²) in [5.74, 6) is 0. The quantitative estimate of drug-likeness (QED) is 0.884. The summed E-state index contributed by atoms with van der Waals surface area (Å²) in [7, 11) is 0. The molecule has 16 heavy (non-hydrogen) atoms. The Bertz CT molecular complexity index is 478. The number of hydrogen-bond donors (Lipinski definition) is 1. The van der Waals surface area contributed by atoms with Crippen LogP contribution in [0.4, 0.5) is 0 Å². The molecular formula is C13H15NOS. The van der Waals surface area contributed by atoms with E-state index in [2.05, 4.69) is 4.98 Å². The van der Waals surface area contributed by atoms with Crippen LogP contribution >= 0.6 is 11.3 Å². The lowest BCUT2D eigenvalue weighted by Gasteiger charge is -2.12. The highest BCUT2D eigenvalue weighted by atomic mass is 32.1. The second-order valence-electron chi connectivity index (χ2n) is 3.93. The van der Waals surface area contributed by atoms with E-state index in [4.69, 9.17) is 0 Å². The molecule has 0 aliphatic carbocycles. The molecule has 0 bridgehead atoms. The second kappa shape index (κ2) is 4.76. The Morgan fingerprint density at radius 1 is 1.31 bits per heavy atom. The molecule has 84 valence electrons. The second-order valence-corrected chi connectivity index (χ2v) is 5.00. The molecule has 1 heterocycles. The van der Waals surface area contributed by atoms with Crippen molar-refractivity contribution < 1.29 is 5.11 Å². The van der Waals surface area contributed by atoms with Gasteiger partial charge in [-0.15, -0.1) is 11.3 Å². The van der Waals surface area contributed by atoms with Crippen LogP contribution in [0.2, 0.25) is 0 Å². The monoisotopic (exact) mass is 233 g/mol. The average molecular weight is 233 g/mol. The molecule has 0 radical (unpaired) electrons. The van der Waals surface area contributed by atoms with E-state index < -0.39 is 6.10 Å². The number of thiazole rings is 1. The Labute approximate surface area is 99.6 Å². The first-order valence-electron chi connectivity index (χ1n) is 5.31. The van der Waals surface area contributed by atoms with Gasteiger partial charge in [0.15, 0.2) is 0 Å². The largest absolute Gasteiger partial charge is 0.388 e. The Kier molecular flexibility index (Phi) is 3.36. The van der Waals surface area contributed by atoms with Gasteiger partial charge in [-0.25, -0.2) is 4.98 Å². The molecule has 2 aromatic rings.